The number of aromatic hydroxyl groups is 2. The first-order valence-electron chi connectivity index (χ1n) is 5.48. The number of H-pyrrole nitrogens is 1. The van der Waals surface area contributed by atoms with Gasteiger partial charge in [0.15, 0.2) is 0 Å². The second kappa shape index (κ2) is 4.85. The lowest BCUT2D eigenvalue weighted by Gasteiger charge is -2.17. The van der Waals surface area contributed by atoms with Gasteiger partial charge in [0, 0.05) is 25.0 Å². The largest absolute Gasteiger partial charge is 0.508 e. The molecule has 0 radical (unpaired) electrons. The molecule has 1 aromatic carbocycles. The highest BCUT2D eigenvalue weighted by Gasteiger charge is 2.17. The third-order valence-electron chi connectivity index (χ3n) is 2.67. The van der Waals surface area contributed by atoms with Crippen LogP contribution in [0, 0.1) is 0 Å². The van der Waals surface area contributed by atoms with Gasteiger partial charge in [-0.25, -0.2) is 0 Å². The topological polar surface area (TPSA) is 93.6 Å². The third-order valence-corrected chi connectivity index (χ3v) is 2.67. The molecule has 2 aromatic rings. The van der Waals surface area contributed by atoms with Gasteiger partial charge in [0.05, 0.1) is 5.56 Å². The minimum absolute atomic E-state index is 0.00447. The third kappa shape index (κ3) is 2.57. The standard InChI is InChI=1S/C13H12N2O4/c1-15(8-2-4-9(16)5-3-8)13(19)10-7-14-12(18)6-11(10)17/h2-7,16H,1H3,(H2,14,17,18). The molecule has 2 rings (SSSR count). The lowest BCUT2D eigenvalue weighted by molar-refractivity contribution is 0.0990. The number of aromatic nitrogens is 1. The summed E-state index contributed by atoms with van der Waals surface area (Å²) in [4.78, 5) is 26.8. The summed E-state index contributed by atoms with van der Waals surface area (Å²) in [5, 5.41) is 18.8. The van der Waals surface area contributed by atoms with Gasteiger partial charge in [-0.3, -0.25) is 9.59 Å². The molecule has 98 valence electrons. The molecule has 0 atom stereocenters. The van der Waals surface area contributed by atoms with Crippen molar-refractivity contribution in [1.29, 1.82) is 0 Å². The summed E-state index contributed by atoms with van der Waals surface area (Å²) in [5.41, 5.74) is 0.0601. The van der Waals surface area contributed by atoms with Crippen molar-refractivity contribution in [3.05, 3.63) is 52.4 Å². The van der Waals surface area contributed by atoms with Crippen molar-refractivity contribution >= 4 is 11.6 Å². The molecule has 6 heteroatoms. The fraction of sp³-hybridized carbons (Fsp3) is 0.0769. The second-order valence-electron chi connectivity index (χ2n) is 3.98. The van der Waals surface area contributed by atoms with Gasteiger partial charge in [0.1, 0.15) is 11.5 Å². The van der Waals surface area contributed by atoms with Gasteiger partial charge >= 0.3 is 0 Å². The first-order chi connectivity index (χ1) is 8.99. The molecule has 0 unspecified atom stereocenters. The first-order valence-corrected chi connectivity index (χ1v) is 5.48. The van der Waals surface area contributed by atoms with E-state index >= 15 is 0 Å². The van der Waals surface area contributed by atoms with Crippen LogP contribution in [0.3, 0.4) is 0 Å². The highest BCUT2D eigenvalue weighted by atomic mass is 16.3. The van der Waals surface area contributed by atoms with E-state index in [1.165, 1.54) is 24.1 Å². The van der Waals surface area contributed by atoms with E-state index in [4.69, 9.17) is 0 Å². The summed E-state index contributed by atoms with van der Waals surface area (Å²) >= 11 is 0. The number of carbonyl (C=O) groups excluding carboxylic acids is 1. The molecular weight excluding hydrogens is 248 g/mol. The molecule has 0 aliphatic heterocycles. The SMILES string of the molecule is CN(C(=O)c1c[nH]c(=O)cc1O)c1ccc(O)cc1. The Morgan fingerprint density at radius 2 is 1.84 bits per heavy atom. The number of aromatic amines is 1. The molecule has 1 heterocycles. The number of nitrogens with one attached hydrogen (secondary N) is 1. The lowest BCUT2D eigenvalue weighted by atomic mass is 10.2. The first kappa shape index (κ1) is 12.7. The van der Waals surface area contributed by atoms with Gasteiger partial charge in [-0.1, -0.05) is 0 Å². The summed E-state index contributed by atoms with van der Waals surface area (Å²) in [6.07, 6.45) is 1.16. The molecule has 0 aliphatic rings. The minimum atomic E-state index is -0.485. The monoisotopic (exact) mass is 260 g/mol. The molecule has 6 nitrogen and oxygen atoms in total. The summed E-state index contributed by atoms with van der Waals surface area (Å²) in [6, 6.07) is 6.97. The Balaban J connectivity index is 2.33. The summed E-state index contributed by atoms with van der Waals surface area (Å²) in [6.45, 7) is 0. The zero-order valence-corrected chi connectivity index (χ0v) is 10.1. The highest BCUT2D eigenvalue weighted by Crippen LogP contribution is 2.21. The van der Waals surface area contributed by atoms with Crippen LogP contribution in [0.4, 0.5) is 5.69 Å². The number of phenolic OH excluding ortho intramolecular Hbond substituents is 1. The van der Waals surface area contributed by atoms with E-state index in [1.807, 2.05) is 0 Å². The maximum Gasteiger partial charge on any atom is 0.263 e. The Kier molecular flexibility index (Phi) is 3.24. The molecule has 0 bridgehead atoms. The fourth-order valence-electron chi connectivity index (χ4n) is 1.61. The number of amides is 1. The number of nitrogens with zero attached hydrogens (tertiary/aromatic N) is 1. The van der Waals surface area contributed by atoms with Crippen molar-refractivity contribution in [2.24, 2.45) is 0 Å². The number of rotatable bonds is 2. The van der Waals surface area contributed by atoms with Crippen molar-refractivity contribution < 1.29 is 15.0 Å². The average Bonchev–Trinajstić information content (AvgIpc) is 2.38. The van der Waals surface area contributed by atoms with Crippen molar-refractivity contribution in [3.8, 4) is 11.5 Å². The lowest BCUT2D eigenvalue weighted by Crippen LogP contribution is -2.27. The van der Waals surface area contributed by atoms with Gasteiger partial charge in [0.25, 0.3) is 11.5 Å². The molecule has 1 amide bonds. The molecular formula is C13H12N2O4. The van der Waals surface area contributed by atoms with E-state index in [9.17, 15) is 19.8 Å². The summed E-state index contributed by atoms with van der Waals surface area (Å²) < 4.78 is 0. The van der Waals surface area contributed by atoms with Crippen LogP contribution in [0.15, 0.2) is 41.3 Å². The van der Waals surface area contributed by atoms with E-state index in [-0.39, 0.29) is 17.1 Å². The summed E-state index contributed by atoms with van der Waals surface area (Å²) in [7, 11) is 1.53. The van der Waals surface area contributed by atoms with Crippen LogP contribution in [0.2, 0.25) is 0 Å². The van der Waals surface area contributed by atoms with Gasteiger partial charge in [0.2, 0.25) is 0 Å². The Hall–Kier alpha value is -2.76. The Bertz CT molecular complexity index is 661. The number of benzene rings is 1. The Morgan fingerprint density at radius 3 is 2.42 bits per heavy atom. The van der Waals surface area contributed by atoms with Gasteiger partial charge in [-0.05, 0) is 24.3 Å². The summed E-state index contributed by atoms with van der Waals surface area (Å²) in [5.74, 6) is -0.754. The molecule has 1 aromatic heterocycles. The molecule has 0 saturated heterocycles. The predicted octanol–water partition coefficient (Wildman–Crippen LogP) is 1.06. The van der Waals surface area contributed by atoms with E-state index in [2.05, 4.69) is 4.98 Å². The van der Waals surface area contributed by atoms with Crippen molar-refractivity contribution in [2.75, 3.05) is 11.9 Å². The molecule has 0 spiro atoms. The van der Waals surface area contributed by atoms with E-state index in [1.54, 1.807) is 12.1 Å². The van der Waals surface area contributed by atoms with Gasteiger partial charge < -0.3 is 20.1 Å². The van der Waals surface area contributed by atoms with Gasteiger partial charge in [-0.15, -0.1) is 0 Å². The average molecular weight is 260 g/mol. The van der Waals surface area contributed by atoms with Crippen LogP contribution in [0.25, 0.3) is 0 Å². The maximum absolute atomic E-state index is 12.1. The number of hydrogen-bond donors (Lipinski definition) is 3. The Morgan fingerprint density at radius 1 is 1.21 bits per heavy atom. The molecule has 0 saturated carbocycles. The van der Waals surface area contributed by atoms with E-state index in [0.29, 0.717) is 5.69 Å². The van der Waals surface area contributed by atoms with Gasteiger partial charge in [-0.2, -0.15) is 0 Å². The normalized spacial score (nSPS) is 10.2. The number of pyridine rings is 1. The molecule has 19 heavy (non-hydrogen) atoms. The highest BCUT2D eigenvalue weighted by molar-refractivity contribution is 6.07. The van der Waals surface area contributed by atoms with Crippen LogP contribution >= 0.6 is 0 Å². The van der Waals surface area contributed by atoms with Crippen LogP contribution in [-0.2, 0) is 0 Å². The number of hydrogen-bond acceptors (Lipinski definition) is 4. The molecule has 0 aliphatic carbocycles. The van der Waals surface area contributed by atoms with E-state index in [0.717, 1.165) is 12.3 Å². The fourth-order valence-corrected chi connectivity index (χ4v) is 1.61. The maximum atomic E-state index is 12.1. The smallest absolute Gasteiger partial charge is 0.263 e. The van der Waals surface area contributed by atoms with E-state index < -0.39 is 11.5 Å². The number of anilines is 1. The van der Waals surface area contributed by atoms with Crippen molar-refractivity contribution in [3.63, 3.8) is 0 Å². The molecule has 0 fully saturated rings. The van der Waals surface area contributed by atoms with Crippen LogP contribution in [0.1, 0.15) is 10.4 Å². The molecule has 3 N–H and O–H groups in total. The zero-order chi connectivity index (χ0) is 14.0. The van der Waals surface area contributed by atoms with Crippen LogP contribution in [0.5, 0.6) is 11.5 Å². The van der Waals surface area contributed by atoms with Crippen molar-refractivity contribution in [1.82, 2.24) is 4.98 Å². The number of phenols is 1. The van der Waals surface area contributed by atoms with Crippen molar-refractivity contribution in [2.45, 2.75) is 0 Å². The number of carbonyl (C=O) groups is 1. The second-order valence-corrected chi connectivity index (χ2v) is 3.98. The Labute approximate surface area is 108 Å². The van der Waals surface area contributed by atoms with Crippen LogP contribution < -0.4 is 10.5 Å². The predicted molar refractivity (Wildman–Crippen MR) is 69.6 cm³/mol. The van der Waals surface area contributed by atoms with Crippen LogP contribution in [-0.4, -0.2) is 28.2 Å². The quantitative estimate of drug-likeness (QED) is 0.752. The minimum Gasteiger partial charge on any atom is -0.508 e. The zero-order valence-electron chi connectivity index (χ0n) is 10.1.